The van der Waals surface area contributed by atoms with Crippen molar-refractivity contribution in [2.45, 2.75) is 57.1 Å². The predicted molar refractivity (Wildman–Crippen MR) is 80.5 cm³/mol. The number of nitrogens with two attached hydrogens (primary N) is 1. The first-order chi connectivity index (χ1) is 9.59. The molecule has 0 amide bonds. The van der Waals surface area contributed by atoms with Gasteiger partial charge < -0.3 is 10.5 Å². The van der Waals surface area contributed by atoms with Gasteiger partial charge in [0.1, 0.15) is 5.82 Å². The van der Waals surface area contributed by atoms with Gasteiger partial charge in [0.2, 0.25) is 0 Å². The highest BCUT2D eigenvalue weighted by Crippen LogP contribution is 2.35. The molecule has 112 valence electrons. The molecule has 0 aliphatic heterocycles. The molecule has 1 unspecified atom stereocenters. The van der Waals surface area contributed by atoms with E-state index in [1.807, 2.05) is 6.92 Å². The fourth-order valence-electron chi connectivity index (χ4n) is 3.19. The zero-order chi connectivity index (χ0) is 14.6. The monoisotopic (exact) mass is 299 g/mol. The van der Waals surface area contributed by atoms with Crippen LogP contribution in [0.2, 0.25) is 5.02 Å². The Hall–Kier alpha value is -0.640. The summed E-state index contributed by atoms with van der Waals surface area (Å²) in [5.41, 5.74) is 6.66. The van der Waals surface area contributed by atoms with Gasteiger partial charge in [-0.1, -0.05) is 43.0 Å². The molecule has 0 aromatic heterocycles. The Kier molecular flexibility index (Phi) is 5.42. The summed E-state index contributed by atoms with van der Waals surface area (Å²) in [5.74, 6) is -0.355. The van der Waals surface area contributed by atoms with Crippen molar-refractivity contribution in [1.29, 1.82) is 0 Å². The average Bonchev–Trinajstić information content (AvgIpc) is 2.45. The lowest BCUT2D eigenvalue weighted by Gasteiger charge is -2.41. The summed E-state index contributed by atoms with van der Waals surface area (Å²) in [5, 5.41) is 0.156. The van der Waals surface area contributed by atoms with Gasteiger partial charge in [0.05, 0.1) is 10.6 Å². The molecule has 0 bridgehead atoms. The standard InChI is InChI=1S/C16H23ClFNO/c1-2-20-16(9-4-3-5-10-16)14(19)11-12-7-6-8-13(17)15(12)18/h6-8,14H,2-5,9-11,19H2,1H3. The number of hydrogen-bond donors (Lipinski definition) is 1. The molecule has 1 aromatic carbocycles. The third-order valence-corrected chi connectivity index (χ3v) is 4.57. The first kappa shape index (κ1) is 15.7. The molecule has 1 aromatic rings. The molecule has 4 heteroatoms. The maximum atomic E-state index is 14.0. The second-order valence-corrected chi connectivity index (χ2v) is 5.99. The quantitative estimate of drug-likeness (QED) is 0.889. The van der Waals surface area contributed by atoms with Crippen molar-refractivity contribution in [3.63, 3.8) is 0 Å². The Labute approximate surface area is 125 Å². The molecular weight excluding hydrogens is 277 g/mol. The minimum atomic E-state index is -0.355. The predicted octanol–water partition coefficient (Wildman–Crippen LogP) is 4.09. The molecule has 0 saturated heterocycles. The number of hydrogen-bond acceptors (Lipinski definition) is 2. The molecule has 2 nitrogen and oxygen atoms in total. The summed E-state index contributed by atoms with van der Waals surface area (Å²) < 4.78 is 20.0. The van der Waals surface area contributed by atoms with Gasteiger partial charge in [0, 0.05) is 12.6 Å². The fraction of sp³-hybridized carbons (Fsp3) is 0.625. The number of halogens is 2. The van der Waals surface area contributed by atoms with Crippen molar-refractivity contribution in [3.05, 3.63) is 34.6 Å². The summed E-state index contributed by atoms with van der Waals surface area (Å²) >= 11 is 5.83. The molecule has 0 heterocycles. The van der Waals surface area contributed by atoms with Crippen LogP contribution in [-0.2, 0) is 11.2 Å². The lowest BCUT2D eigenvalue weighted by Crippen LogP contribution is -2.52. The lowest BCUT2D eigenvalue weighted by molar-refractivity contribution is -0.0818. The SMILES string of the molecule is CCOC1(C(N)Cc2cccc(Cl)c2F)CCCCC1. The molecule has 2 N–H and O–H groups in total. The maximum Gasteiger partial charge on any atom is 0.145 e. The normalized spacial score (nSPS) is 19.8. The molecule has 0 spiro atoms. The average molecular weight is 300 g/mol. The Morgan fingerprint density at radius 1 is 1.35 bits per heavy atom. The summed E-state index contributed by atoms with van der Waals surface area (Å²) in [4.78, 5) is 0. The second kappa shape index (κ2) is 6.88. The zero-order valence-corrected chi connectivity index (χ0v) is 12.8. The largest absolute Gasteiger partial charge is 0.374 e. The van der Waals surface area contributed by atoms with Crippen molar-refractivity contribution in [2.24, 2.45) is 5.73 Å². The number of rotatable bonds is 5. The van der Waals surface area contributed by atoms with Crippen molar-refractivity contribution in [3.8, 4) is 0 Å². The number of benzene rings is 1. The van der Waals surface area contributed by atoms with E-state index in [2.05, 4.69) is 0 Å². The minimum absolute atomic E-state index is 0.156. The van der Waals surface area contributed by atoms with Gasteiger partial charge in [-0.05, 0) is 37.8 Å². The first-order valence-electron chi connectivity index (χ1n) is 7.41. The highest BCUT2D eigenvalue weighted by Gasteiger charge is 2.38. The van der Waals surface area contributed by atoms with Crippen LogP contribution in [-0.4, -0.2) is 18.2 Å². The molecule has 1 saturated carbocycles. The van der Waals surface area contributed by atoms with E-state index in [-0.39, 0.29) is 22.5 Å². The molecule has 1 aliphatic carbocycles. The van der Waals surface area contributed by atoms with E-state index in [1.54, 1.807) is 18.2 Å². The smallest absolute Gasteiger partial charge is 0.145 e. The second-order valence-electron chi connectivity index (χ2n) is 5.58. The van der Waals surface area contributed by atoms with Gasteiger partial charge in [0.25, 0.3) is 0 Å². The van der Waals surface area contributed by atoms with E-state index >= 15 is 0 Å². The van der Waals surface area contributed by atoms with Gasteiger partial charge in [-0.25, -0.2) is 4.39 Å². The Bertz CT molecular complexity index is 441. The van der Waals surface area contributed by atoms with E-state index in [0.29, 0.717) is 18.6 Å². The molecule has 1 aliphatic rings. The molecule has 1 atom stereocenters. The van der Waals surface area contributed by atoms with Crippen LogP contribution in [0.5, 0.6) is 0 Å². The molecule has 0 radical (unpaired) electrons. The fourth-order valence-corrected chi connectivity index (χ4v) is 3.38. The molecule has 2 rings (SSSR count). The van der Waals surface area contributed by atoms with E-state index in [9.17, 15) is 4.39 Å². The zero-order valence-electron chi connectivity index (χ0n) is 12.0. The van der Waals surface area contributed by atoms with Crippen LogP contribution >= 0.6 is 11.6 Å². The van der Waals surface area contributed by atoms with Gasteiger partial charge in [0.15, 0.2) is 0 Å². The van der Waals surface area contributed by atoms with Gasteiger partial charge in [-0.2, -0.15) is 0 Å². The topological polar surface area (TPSA) is 35.2 Å². The lowest BCUT2D eigenvalue weighted by atomic mass is 9.77. The van der Waals surface area contributed by atoms with Crippen molar-refractivity contribution in [2.75, 3.05) is 6.61 Å². The van der Waals surface area contributed by atoms with E-state index < -0.39 is 0 Å². The first-order valence-corrected chi connectivity index (χ1v) is 7.79. The van der Waals surface area contributed by atoms with Gasteiger partial charge in [-0.15, -0.1) is 0 Å². The van der Waals surface area contributed by atoms with Crippen LogP contribution in [0.3, 0.4) is 0 Å². The van der Waals surface area contributed by atoms with Crippen LogP contribution in [0.4, 0.5) is 4.39 Å². The molecule has 1 fully saturated rings. The van der Waals surface area contributed by atoms with Crippen LogP contribution < -0.4 is 5.73 Å². The number of ether oxygens (including phenoxy) is 1. The van der Waals surface area contributed by atoms with Crippen molar-refractivity contribution in [1.82, 2.24) is 0 Å². The van der Waals surface area contributed by atoms with E-state index in [4.69, 9.17) is 22.1 Å². The van der Waals surface area contributed by atoms with Crippen molar-refractivity contribution >= 4 is 11.6 Å². The van der Waals surface area contributed by atoms with Crippen molar-refractivity contribution < 1.29 is 9.13 Å². The molecule has 20 heavy (non-hydrogen) atoms. The summed E-state index contributed by atoms with van der Waals surface area (Å²) in [6.45, 7) is 2.63. The van der Waals surface area contributed by atoms with E-state index in [0.717, 1.165) is 25.7 Å². The van der Waals surface area contributed by atoms with E-state index in [1.165, 1.54) is 6.42 Å². The third kappa shape index (κ3) is 3.33. The molecular formula is C16H23ClFNO. The minimum Gasteiger partial charge on any atom is -0.374 e. The highest BCUT2D eigenvalue weighted by atomic mass is 35.5. The van der Waals surface area contributed by atoms with Crippen LogP contribution in [0, 0.1) is 5.82 Å². The Morgan fingerprint density at radius 2 is 2.05 bits per heavy atom. The Morgan fingerprint density at radius 3 is 2.70 bits per heavy atom. The van der Waals surface area contributed by atoms with Gasteiger partial charge in [-0.3, -0.25) is 0 Å². The van der Waals surface area contributed by atoms with Gasteiger partial charge >= 0.3 is 0 Å². The van der Waals surface area contributed by atoms with Crippen LogP contribution in [0.15, 0.2) is 18.2 Å². The maximum absolute atomic E-state index is 14.0. The summed E-state index contributed by atoms with van der Waals surface area (Å²) in [6.07, 6.45) is 5.88. The summed E-state index contributed by atoms with van der Waals surface area (Å²) in [6, 6.07) is 4.88. The van der Waals surface area contributed by atoms with Crippen LogP contribution in [0.25, 0.3) is 0 Å². The summed E-state index contributed by atoms with van der Waals surface area (Å²) in [7, 11) is 0. The highest BCUT2D eigenvalue weighted by molar-refractivity contribution is 6.30. The van der Waals surface area contributed by atoms with Crippen LogP contribution in [0.1, 0.15) is 44.6 Å². The third-order valence-electron chi connectivity index (χ3n) is 4.28. The Balaban J connectivity index is 2.15.